The quantitative estimate of drug-likeness (QED) is 0.881. The topological polar surface area (TPSA) is 54.0 Å². The van der Waals surface area contributed by atoms with E-state index in [1.807, 2.05) is 44.3 Å². The molecule has 1 amide bonds. The van der Waals surface area contributed by atoms with Crippen molar-refractivity contribution >= 4 is 11.6 Å². The van der Waals surface area contributed by atoms with Crippen molar-refractivity contribution in [3.8, 4) is 0 Å². The molecular weight excluding hydrogens is 238 g/mol. The Morgan fingerprint density at radius 1 is 1.32 bits per heavy atom. The second-order valence-electron chi connectivity index (χ2n) is 4.32. The Kier molecular flexibility index (Phi) is 4.13. The van der Waals surface area contributed by atoms with Crippen molar-refractivity contribution in [3.05, 3.63) is 59.4 Å². The van der Waals surface area contributed by atoms with Crippen LogP contribution < -0.4 is 10.6 Å². The molecule has 0 saturated heterocycles. The lowest BCUT2D eigenvalue weighted by atomic mass is 10.1. The maximum Gasteiger partial charge on any atom is 0.251 e. The largest absolute Gasteiger partial charge is 0.388 e. The van der Waals surface area contributed by atoms with Crippen molar-refractivity contribution in [1.82, 2.24) is 10.3 Å². The summed E-state index contributed by atoms with van der Waals surface area (Å²) in [7, 11) is 1.87. The first-order valence-corrected chi connectivity index (χ1v) is 6.16. The first kappa shape index (κ1) is 13.1. The average Bonchev–Trinajstić information content (AvgIpc) is 2.45. The molecular formula is C15H17N3O. The van der Waals surface area contributed by atoms with Gasteiger partial charge in [-0.2, -0.15) is 0 Å². The predicted molar refractivity (Wildman–Crippen MR) is 76.1 cm³/mol. The number of rotatable bonds is 4. The van der Waals surface area contributed by atoms with E-state index in [1.165, 1.54) is 0 Å². The third-order valence-corrected chi connectivity index (χ3v) is 2.93. The van der Waals surface area contributed by atoms with Gasteiger partial charge in [0.25, 0.3) is 5.91 Å². The molecule has 0 unspecified atom stereocenters. The SMILES string of the molecule is CNc1ccc(C(=O)NCc2cccnc2)cc1C. The molecule has 1 aromatic carbocycles. The zero-order valence-corrected chi connectivity index (χ0v) is 11.1. The van der Waals surface area contributed by atoms with Crippen molar-refractivity contribution in [3.63, 3.8) is 0 Å². The molecule has 0 aliphatic rings. The van der Waals surface area contributed by atoms with Crippen LogP contribution in [0.15, 0.2) is 42.7 Å². The zero-order chi connectivity index (χ0) is 13.7. The summed E-state index contributed by atoms with van der Waals surface area (Å²) < 4.78 is 0. The van der Waals surface area contributed by atoms with Gasteiger partial charge >= 0.3 is 0 Å². The fourth-order valence-corrected chi connectivity index (χ4v) is 1.87. The summed E-state index contributed by atoms with van der Waals surface area (Å²) in [6.07, 6.45) is 3.46. The van der Waals surface area contributed by atoms with Crippen LogP contribution in [-0.2, 0) is 6.54 Å². The lowest BCUT2D eigenvalue weighted by Gasteiger charge is -2.08. The van der Waals surface area contributed by atoms with E-state index in [4.69, 9.17) is 0 Å². The fourth-order valence-electron chi connectivity index (χ4n) is 1.87. The van der Waals surface area contributed by atoms with Crippen molar-refractivity contribution in [2.75, 3.05) is 12.4 Å². The summed E-state index contributed by atoms with van der Waals surface area (Å²) in [5.41, 5.74) is 3.74. The summed E-state index contributed by atoms with van der Waals surface area (Å²) in [5.74, 6) is -0.0744. The van der Waals surface area contributed by atoms with Gasteiger partial charge in [-0.25, -0.2) is 0 Å². The number of pyridine rings is 1. The number of benzene rings is 1. The molecule has 1 heterocycles. The number of aryl methyl sites for hydroxylation is 1. The minimum absolute atomic E-state index is 0.0744. The lowest BCUT2D eigenvalue weighted by molar-refractivity contribution is 0.0951. The van der Waals surface area contributed by atoms with Gasteiger partial charge < -0.3 is 10.6 Å². The first-order valence-electron chi connectivity index (χ1n) is 6.16. The highest BCUT2D eigenvalue weighted by Gasteiger charge is 2.07. The molecule has 0 fully saturated rings. The standard InChI is InChI=1S/C15H17N3O/c1-11-8-13(5-6-14(11)16-2)15(19)18-10-12-4-3-7-17-9-12/h3-9,16H,10H2,1-2H3,(H,18,19). The molecule has 0 aliphatic heterocycles. The van der Waals surface area contributed by atoms with Crippen LogP contribution in [0, 0.1) is 6.92 Å². The van der Waals surface area contributed by atoms with Crippen LogP contribution in [0.1, 0.15) is 21.5 Å². The number of carbonyl (C=O) groups is 1. The van der Waals surface area contributed by atoms with Crippen LogP contribution in [-0.4, -0.2) is 17.9 Å². The van der Waals surface area contributed by atoms with Crippen LogP contribution in [0.25, 0.3) is 0 Å². The average molecular weight is 255 g/mol. The highest BCUT2D eigenvalue weighted by Crippen LogP contribution is 2.15. The second-order valence-corrected chi connectivity index (χ2v) is 4.32. The number of anilines is 1. The Morgan fingerprint density at radius 3 is 2.79 bits per heavy atom. The molecule has 19 heavy (non-hydrogen) atoms. The number of amides is 1. The highest BCUT2D eigenvalue weighted by molar-refractivity contribution is 5.94. The summed E-state index contributed by atoms with van der Waals surface area (Å²) in [6, 6.07) is 9.39. The molecule has 0 atom stereocenters. The lowest BCUT2D eigenvalue weighted by Crippen LogP contribution is -2.22. The van der Waals surface area contributed by atoms with E-state index in [0.29, 0.717) is 12.1 Å². The van der Waals surface area contributed by atoms with Crippen molar-refractivity contribution in [1.29, 1.82) is 0 Å². The van der Waals surface area contributed by atoms with E-state index in [1.54, 1.807) is 12.4 Å². The van der Waals surface area contributed by atoms with Gasteiger partial charge in [0.1, 0.15) is 0 Å². The van der Waals surface area contributed by atoms with Gasteiger partial charge in [-0.3, -0.25) is 9.78 Å². The number of hydrogen-bond acceptors (Lipinski definition) is 3. The van der Waals surface area contributed by atoms with Gasteiger partial charge in [-0.05, 0) is 42.3 Å². The van der Waals surface area contributed by atoms with E-state index < -0.39 is 0 Å². The van der Waals surface area contributed by atoms with Gasteiger partial charge in [-0.15, -0.1) is 0 Å². The molecule has 1 aromatic heterocycles. The number of nitrogens with zero attached hydrogens (tertiary/aromatic N) is 1. The summed E-state index contributed by atoms with van der Waals surface area (Å²) in [4.78, 5) is 16.0. The molecule has 0 aliphatic carbocycles. The molecule has 4 nitrogen and oxygen atoms in total. The third-order valence-electron chi connectivity index (χ3n) is 2.93. The van der Waals surface area contributed by atoms with Crippen molar-refractivity contribution < 1.29 is 4.79 Å². The van der Waals surface area contributed by atoms with Crippen LogP contribution in [0.4, 0.5) is 5.69 Å². The van der Waals surface area contributed by atoms with Gasteiger partial charge in [0.15, 0.2) is 0 Å². The molecule has 98 valence electrons. The van der Waals surface area contributed by atoms with E-state index in [-0.39, 0.29) is 5.91 Å². The summed E-state index contributed by atoms with van der Waals surface area (Å²) in [5, 5.41) is 5.96. The Morgan fingerprint density at radius 2 is 2.16 bits per heavy atom. The molecule has 2 aromatic rings. The Labute approximate surface area is 112 Å². The smallest absolute Gasteiger partial charge is 0.251 e. The summed E-state index contributed by atoms with van der Waals surface area (Å²) >= 11 is 0. The second kappa shape index (κ2) is 6.00. The number of aromatic nitrogens is 1. The third kappa shape index (κ3) is 3.31. The van der Waals surface area contributed by atoms with Crippen molar-refractivity contribution in [2.24, 2.45) is 0 Å². The molecule has 0 radical (unpaired) electrons. The number of nitrogens with one attached hydrogen (secondary N) is 2. The molecule has 0 spiro atoms. The van der Waals surface area contributed by atoms with Gasteiger partial charge in [0.05, 0.1) is 0 Å². The zero-order valence-electron chi connectivity index (χ0n) is 11.1. The van der Waals surface area contributed by atoms with E-state index in [9.17, 15) is 4.79 Å². The first-order chi connectivity index (χ1) is 9.20. The molecule has 0 saturated carbocycles. The monoisotopic (exact) mass is 255 g/mol. The van der Waals surface area contributed by atoms with E-state index in [0.717, 1.165) is 16.8 Å². The summed E-state index contributed by atoms with van der Waals surface area (Å²) in [6.45, 7) is 2.46. The van der Waals surface area contributed by atoms with Gasteiger partial charge in [0.2, 0.25) is 0 Å². The maximum atomic E-state index is 12.0. The maximum absolute atomic E-state index is 12.0. The van der Waals surface area contributed by atoms with E-state index in [2.05, 4.69) is 15.6 Å². The van der Waals surface area contributed by atoms with Crippen LogP contribution in [0.3, 0.4) is 0 Å². The fraction of sp³-hybridized carbons (Fsp3) is 0.200. The number of hydrogen-bond donors (Lipinski definition) is 2. The van der Waals surface area contributed by atoms with Crippen molar-refractivity contribution in [2.45, 2.75) is 13.5 Å². The minimum atomic E-state index is -0.0744. The molecule has 4 heteroatoms. The number of carbonyl (C=O) groups excluding carboxylic acids is 1. The Hall–Kier alpha value is -2.36. The molecule has 2 N–H and O–H groups in total. The van der Waals surface area contributed by atoms with Crippen LogP contribution in [0.5, 0.6) is 0 Å². The Bertz CT molecular complexity index is 567. The van der Waals surface area contributed by atoms with E-state index >= 15 is 0 Å². The van der Waals surface area contributed by atoms with Crippen LogP contribution in [0.2, 0.25) is 0 Å². The Balaban J connectivity index is 2.02. The predicted octanol–water partition coefficient (Wildman–Crippen LogP) is 2.36. The highest BCUT2D eigenvalue weighted by atomic mass is 16.1. The van der Waals surface area contributed by atoms with Gasteiger partial charge in [-0.1, -0.05) is 6.07 Å². The van der Waals surface area contributed by atoms with Gasteiger partial charge in [0, 0.05) is 37.2 Å². The minimum Gasteiger partial charge on any atom is -0.388 e. The normalized spacial score (nSPS) is 10.0. The molecule has 0 bridgehead atoms. The van der Waals surface area contributed by atoms with Crippen LogP contribution >= 0.6 is 0 Å². The molecule has 2 rings (SSSR count).